The van der Waals surface area contributed by atoms with E-state index in [2.05, 4.69) is 0 Å². The number of nitrogens with zero attached hydrogens (tertiary/aromatic N) is 1. The lowest BCUT2D eigenvalue weighted by molar-refractivity contribution is -0.675. The van der Waals surface area contributed by atoms with Crippen LogP contribution < -0.4 is 0 Å². The van der Waals surface area contributed by atoms with Gasteiger partial charge in [0.25, 0.3) is 0 Å². The Morgan fingerprint density at radius 2 is 1.47 bits per heavy atom. The second-order valence-electron chi connectivity index (χ2n) is 10.3. The van der Waals surface area contributed by atoms with Gasteiger partial charge in [-0.2, -0.15) is 37.0 Å². The van der Waals surface area contributed by atoms with Crippen molar-refractivity contribution < 1.29 is 41.1 Å². The topological polar surface area (TPSA) is 74.3 Å². The lowest BCUT2D eigenvalue weighted by Gasteiger charge is -2.60. The molecule has 1 spiro atoms. The van der Waals surface area contributed by atoms with Crippen molar-refractivity contribution in [1.82, 2.24) is 4.31 Å². The largest absolute Gasteiger partial charge is 0.416 e. The van der Waals surface area contributed by atoms with E-state index in [9.17, 15) is 21.6 Å². The Kier molecular flexibility index (Phi) is 6.05. The highest BCUT2D eigenvalue weighted by Crippen LogP contribution is 2.61. The van der Waals surface area contributed by atoms with Crippen LogP contribution in [0, 0.1) is 23.7 Å². The number of halogens is 3. The fourth-order valence-corrected chi connectivity index (χ4v) is 7.72. The Morgan fingerprint density at radius 1 is 0.941 bits per heavy atom. The van der Waals surface area contributed by atoms with Gasteiger partial charge in [0.05, 0.1) is 10.5 Å². The number of benzene rings is 1. The molecule has 0 radical (unpaired) electrons. The second kappa shape index (κ2) is 8.41. The van der Waals surface area contributed by atoms with Gasteiger partial charge in [0.15, 0.2) is 0 Å². The van der Waals surface area contributed by atoms with Crippen LogP contribution in [0.4, 0.5) is 13.2 Å². The van der Waals surface area contributed by atoms with Crippen LogP contribution >= 0.6 is 0 Å². The van der Waals surface area contributed by atoms with Gasteiger partial charge in [0, 0.05) is 31.3 Å². The van der Waals surface area contributed by atoms with E-state index >= 15 is 0 Å². The fourth-order valence-electron chi connectivity index (χ4n) is 6.27. The van der Waals surface area contributed by atoms with Crippen molar-refractivity contribution in [1.29, 1.82) is 0 Å². The first-order valence-corrected chi connectivity index (χ1v) is 13.3. The van der Waals surface area contributed by atoms with Crippen LogP contribution in [0.15, 0.2) is 29.2 Å². The first kappa shape index (κ1) is 24.5. The molecule has 1 heterocycles. The van der Waals surface area contributed by atoms with Gasteiger partial charge in [0.1, 0.15) is 0 Å². The van der Waals surface area contributed by atoms with Gasteiger partial charge in [-0.05, 0) is 75.1 Å². The Labute approximate surface area is 197 Å². The van der Waals surface area contributed by atoms with E-state index < -0.39 is 33.3 Å². The maximum atomic E-state index is 13.0. The van der Waals surface area contributed by atoms with Gasteiger partial charge >= 0.3 is 6.18 Å². The SMILES string of the molecule is CCN(CCC1(C)OOC2(OO1)C1CC3CC(C1)CC2C3)S(=O)(=O)c1ccc(C(F)(F)F)cc1. The van der Waals surface area contributed by atoms with E-state index in [4.69, 9.17) is 19.6 Å². The molecule has 0 amide bonds. The zero-order valence-electron chi connectivity index (χ0n) is 19.2. The predicted octanol–water partition coefficient (Wildman–Crippen LogP) is 4.88. The number of rotatable bonds is 6. The molecule has 0 unspecified atom stereocenters. The minimum absolute atomic E-state index is 0.00702. The summed E-state index contributed by atoms with van der Waals surface area (Å²) in [4.78, 5) is 23.1. The maximum absolute atomic E-state index is 13.0. The van der Waals surface area contributed by atoms with Gasteiger partial charge in [-0.3, -0.25) is 0 Å². The van der Waals surface area contributed by atoms with E-state index in [0.29, 0.717) is 11.8 Å². The second-order valence-corrected chi connectivity index (χ2v) is 12.2. The molecule has 1 saturated heterocycles. The van der Waals surface area contributed by atoms with Crippen LogP contribution in [-0.2, 0) is 35.7 Å². The smallest absolute Gasteiger partial charge is 0.207 e. The van der Waals surface area contributed by atoms with E-state index in [1.54, 1.807) is 13.8 Å². The minimum Gasteiger partial charge on any atom is -0.207 e. The lowest BCUT2D eigenvalue weighted by atomic mass is 9.53. The first-order chi connectivity index (χ1) is 16.0. The summed E-state index contributed by atoms with van der Waals surface area (Å²) in [6.07, 6.45) is 0.986. The fraction of sp³-hybridized carbons (Fsp3) is 0.739. The van der Waals surface area contributed by atoms with Crippen LogP contribution in [0.25, 0.3) is 0 Å². The van der Waals surface area contributed by atoms with Crippen molar-refractivity contribution >= 4 is 10.0 Å². The Hall–Kier alpha value is -1.24. The van der Waals surface area contributed by atoms with Crippen LogP contribution in [0.1, 0.15) is 57.9 Å². The van der Waals surface area contributed by atoms with Crippen LogP contribution in [0.3, 0.4) is 0 Å². The quantitative estimate of drug-likeness (QED) is 0.513. The molecule has 0 atom stereocenters. The summed E-state index contributed by atoms with van der Waals surface area (Å²) in [5, 5.41) is 0. The summed E-state index contributed by atoms with van der Waals surface area (Å²) >= 11 is 0. The van der Waals surface area contributed by atoms with Crippen LogP contribution in [0.2, 0.25) is 0 Å². The molecule has 34 heavy (non-hydrogen) atoms. The van der Waals surface area contributed by atoms with E-state index in [1.807, 2.05) is 0 Å². The normalized spacial score (nSPS) is 37.6. The molecule has 5 aliphatic rings. The molecular weight excluding hydrogens is 475 g/mol. The van der Waals surface area contributed by atoms with E-state index in [0.717, 1.165) is 49.9 Å². The third-order valence-corrected chi connectivity index (χ3v) is 9.95. The van der Waals surface area contributed by atoms with Crippen molar-refractivity contribution in [2.24, 2.45) is 23.7 Å². The summed E-state index contributed by atoms with van der Waals surface area (Å²) in [6, 6.07) is 3.47. The molecule has 4 aliphatic carbocycles. The molecule has 6 rings (SSSR count). The molecule has 1 aliphatic heterocycles. The van der Waals surface area contributed by atoms with Crippen molar-refractivity contribution in [3.05, 3.63) is 29.8 Å². The summed E-state index contributed by atoms with van der Waals surface area (Å²) in [5.74, 6) is -0.350. The van der Waals surface area contributed by atoms with Crippen molar-refractivity contribution in [2.45, 2.75) is 75.0 Å². The minimum atomic E-state index is -4.54. The number of sulfonamides is 1. The number of hydrogen-bond acceptors (Lipinski definition) is 6. The van der Waals surface area contributed by atoms with Crippen molar-refractivity contribution in [3.8, 4) is 0 Å². The maximum Gasteiger partial charge on any atom is 0.416 e. The molecule has 190 valence electrons. The number of hydrogen-bond donors (Lipinski definition) is 0. The summed E-state index contributed by atoms with van der Waals surface area (Å²) < 4.78 is 65.7. The lowest BCUT2D eigenvalue weighted by Crippen LogP contribution is -2.64. The Balaban J connectivity index is 1.22. The zero-order chi connectivity index (χ0) is 24.4. The van der Waals surface area contributed by atoms with Crippen LogP contribution in [0.5, 0.6) is 0 Å². The average Bonchev–Trinajstić information content (AvgIpc) is 2.78. The summed E-state index contributed by atoms with van der Waals surface area (Å²) in [5.41, 5.74) is -0.904. The molecule has 1 aromatic carbocycles. The molecule has 0 aromatic heterocycles. The highest BCUT2D eigenvalue weighted by molar-refractivity contribution is 7.89. The molecule has 4 saturated carbocycles. The van der Waals surface area contributed by atoms with Gasteiger partial charge in [0.2, 0.25) is 21.6 Å². The third kappa shape index (κ3) is 4.18. The van der Waals surface area contributed by atoms with Gasteiger partial charge in [-0.15, -0.1) is 0 Å². The summed E-state index contributed by atoms with van der Waals surface area (Å²) in [6.45, 7) is 3.41. The van der Waals surface area contributed by atoms with Gasteiger partial charge in [-0.25, -0.2) is 8.42 Å². The molecule has 1 aromatic rings. The Morgan fingerprint density at radius 3 is 1.94 bits per heavy atom. The molecular formula is C23H30F3NO6S. The highest BCUT2D eigenvalue weighted by atomic mass is 32.2. The highest BCUT2D eigenvalue weighted by Gasteiger charge is 2.64. The molecule has 7 nitrogen and oxygen atoms in total. The van der Waals surface area contributed by atoms with Crippen LogP contribution in [-0.4, -0.2) is 37.4 Å². The number of alkyl halides is 3. The molecule has 4 bridgehead atoms. The molecule has 11 heteroatoms. The average molecular weight is 506 g/mol. The van der Waals surface area contributed by atoms with E-state index in [-0.39, 0.29) is 36.2 Å². The Bertz CT molecular complexity index is 975. The zero-order valence-corrected chi connectivity index (χ0v) is 20.0. The first-order valence-electron chi connectivity index (χ1n) is 11.9. The van der Waals surface area contributed by atoms with Crippen molar-refractivity contribution in [3.63, 3.8) is 0 Å². The monoisotopic (exact) mass is 505 g/mol. The standard InChI is InChI=1S/C23H30F3NO6S/c1-3-27(34(28,29)20-6-4-17(5-7-20)23(24,25)26)9-8-21(2)30-32-22(33-31-21)18-11-15-10-16(13-18)14-19(22)12-15/h4-7,15-16,18-19H,3,8-14H2,1-2H3. The van der Waals surface area contributed by atoms with Crippen molar-refractivity contribution in [2.75, 3.05) is 13.1 Å². The third-order valence-electron chi connectivity index (χ3n) is 7.96. The van der Waals surface area contributed by atoms with E-state index in [1.165, 1.54) is 10.7 Å². The van der Waals surface area contributed by atoms with Gasteiger partial charge < -0.3 is 0 Å². The predicted molar refractivity (Wildman–Crippen MR) is 113 cm³/mol. The summed E-state index contributed by atoms with van der Waals surface area (Å²) in [7, 11) is -4.01. The molecule has 0 N–H and O–H groups in total. The van der Waals surface area contributed by atoms with Gasteiger partial charge in [-0.1, -0.05) is 6.92 Å². The molecule has 5 fully saturated rings.